The Morgan fingerprint density at radius 2 is 2.00 bits per heavy atom. The summed E-state index contributed by atoms with van der Waals surface area (Å²) in [5.74, 6) is -0.352. The van der Waals surface area contributed by atoms with E-state index in [2.05, 4.69) is 10.3 Å². The predicted molar refractivity (Wildman–Crippen MR) is 70.2 cm³/mol. The maximum atomic E-state index is 11.5. The van der Waals surface area contributed by atoms with Crippen LogP contribution >= 0.6 is 0 Å². The van der Waals surface area contributed by atoms with E-state index in [-0.39, 0.29) is 18.1 Å². The molecular weight excluding hydrogens is 228 g/mol. The van der Waals surface area contributed by atoms with E-state index in [4.69, 9.17) is 0 Å². The third-order valence-electron chi connectivity index (χ3n) is 2.90. The predicted octanol–water partition coefficient (Wildman–Crippen LogP) is 2.07. The molecule has 0 saturated carbocycles. The number of benzene rings is 1. The van der Waals surface area contributed by atoms with E-state index in [1.54, 1.807) is 0 Å². The second-order valence-corrected chi connectivity index (χ2v) is 4.43. The Morgan fingerprint density at radius 1 is 1.28 bits per heavy atom. The molecule has 1 heterocycles. The van der Waals surface area contributed by atoms with Gasteiger partial charge in [-0.05, 0) is 25.5 Å². The Balaban J connectivity index is 2.14. The highest BCUT2D eigenvalue weighted by Crippen LogP contribution is 2.21. The number of ketones is 1. The lowest BCUT2D eigenvalue weighted by atomic mass is 10.1. The van der Waals surface area contributed by atoms with Crippen molar-refractivity contribution in [1.82, 2.24) is 10.3 Å². The average Bonchev–Trinajstić information content (AvgIpc) is 2.61. The Kier molecular flexibility index (Phi) is 3.46. The second-order valence-electron chi connectivity index (χ2n) is 4.43. The summed E-state index contributed by atoms with van der Waals surface area (Å²) >= 11 is 0. The highest BCUT2D eigenvalue weighted by molar-refractivity contribution is 5.97. The van der Waals surface area contributed by atoms with Crippen LogP contribution in [0, 0.1) is 6.92 Å². The molecule has 2 rings (SSSR count). The fourth-order valence-corrected chi connectivity index (χ4v) is 2.04. The topological polar surface area (TPSA) is 62.0 Å². The van der Waals surface area contributed by atoms with E-state index in [9.17, 15) is 9.59 Å². The van der Waals surface area contributed by atoms with Gasteiger partial charge in [0.2, 0.25) is 5.91 Å². The van der Waals surface area contributed by atoms with Crippen molar-refractivity contribution in [2.75, 3.05) is 0 Å². The number of Topliss-reactive ketones (excluding diaryl/α,β-unsaturated/α-hetero) is 1. The molecule has 18 heavy (non-hydrogen) atoms. The molecule has 0 fully saturated rings. The van der Waals surface area contributed by atoms with Crippen LogP contribution in [0.4, 0.5) is 0 Å². The Hall–Kier alpha value is -2.10. The minimum atomic E-state index is -0.229. The van der Waals surface area contributed by atoms with Gasteiger partial charge in [-0.1, -0.05) is 18.2 Å². The number of carbonyl (C=O) groups is 2. The van der Waals surface area contributed by atoms with Crippen molar-refractivity contribution in [3.05, 3.63) is 35.5 Å². The number of nitrogens with one attached hydrogen (secondary N) is 2. The monoisotopic (exact) mass is 244 g/mol. The van der Waals surface area contributed by atoms with Gasteiger partial charge in [-0.3, -0.25) is 9.59 Å². The number of aryl methyl sites for hydroxylation is 1. The average molecular weight is 244 g/mol. The molecule has 0 aliphatic heterocycles. The number of hydrogen-bond donors (Lipinski definition) is 2. The van der Waals surface area contributed by atoms with E-state index in [0.29, 0.717) is 6.54 Å². The van der Waals surface area contributed by atoms with Gasteiger partial charge in [-0.15, -0.1) is 0 Å². The summed E-state index contributed by atoms with van der Waals surface area (Å²) in [5, 5.41) is 3.88. The van der Waals surface area contributed by atoms with Crippen molar-refractivity contribution in [3.8, 4) is 0 Å². The first-order valence-corrected chi connectivity index (χ1v) is 5.90. The van der Waals surface area contributed by atoms with Gasteiger partial charge in [0.05, 0.1) is 6.42 Å². The minimum absolute atomic E-state index is 0.0542. The van der Waals surface area contributed by atoms with Gasteiger partial charge in [0.1, 0.15) is 5.78 Å². The van der Waals surface area contributed by atoms with Gasteiger partial charge < -0.3 is 10.3 Å². The summed E-state index contributed by atoms with van der Waals surface area (Å²) in [6.45, 7) is 3.84. The summed E-state index contributed by atoms with van der Waals surface area (Å²) in [6, 6.07) is 7.96. The van der Waals surface area contributed by atoms with E-state index >= 15 is 0 Å². The van der Waals surface area contributed by atoms with Crippen LogP contribution in [0.25, 0.3) is 10.9 Å². The largest absolute Gasteiger partial charge is 0.358 e. The first kappa shape index (κ1) is 12.4. The number of fused-ring (bicyclic) bond motifs is 1. The number of aromatic nitrogens is 1. The number of rotatable bonds is 4. The number of carbonyl (C=O) groups excluding carboxylic acids is 2. The van der Waals surface area contributed by atoms with Crippen LogP contribution in [0.3, 0.4) is 0 Å². The van der Waals surface area contributed by atoms with Crippen molar-refractivity contribution >= 4 is 22.6 Å². The molecular formula is C14H16N2O2. The molecule has 0 bridgehead atoms. The molecule has 4 heteroatoms. The molecule has 0 atom stereocenters. The van der Waals surface area contributed by atoms with Crippen LogP contribution in [0.1, 0.15) is 24.6 Å². The molecule has 0 spiro atoms. The lowest BCUT2D eigenvalue weighted by Gasteiger charge is -2.04. The molecule has 0 unspecified atom stereocenters. The normalized spacial score (nSPS) is 10.6. The molecule has 0 radical (unpaired) electrons. The molecule has 2 N–H and O–H groups in total. The number of H-pyrrole nitrogens is 1. The van der Waals surface area contributed by atoms with Gasteiger partial charge in [-0.2, -0.15) is 0 Å². The van der Waals surface area contributed by atoms with Crippen LogP contribution in [-0.4, -0.2) is 16.7 Å². The van der Waals surface area contributed by atoms with Gasteiger partial charge >= 0.3 is 0 Å². The first-order chi connectivity index (χ1) is 8.58. The molecule has 0 aliphatic rings. The summed E-state index contributed by atoms with van der Waals surface area (Å²) in [7, 11) is 0. The minimum Gasteiger partial charge on any atom is -0.358 e. The molecule has 94 valence electrons. The summed E-state index contributed by atoms with van der Waals surface area (Å²) in [4.78, 5) is 25.6. The standard InChI is InChI=1S/C14H16N2O2/c1-9(17)7-14(18)15-8-12-10(2)16-13-6-4-3-5-11(12)13/h3-6,16H,7-8H2,1-2H3,(H,15,18). The summed E-state index contributed by atoms with van der Waals surface area (Å²) < 4.78 is 0. The van der Waals surface area contributed by atoms with E-state index in [0.717, 1.165) is 22.2 Å². The zero-order valence-corrected chi connectivity index (χ0v) is 10.5. The van der Waals surface area contributed by atoms with Crippen LogP contribution in [-0.2, 0) is 16.1 Å². The zero-order valence-electron chi connectivity index (χ0n) is 10.5. The molecule has 2 aromatic rings. The molecule has 1 aromatic carbocycles. The first-order valence-electron chi connectivity index (χ1n) is 5.90. The quantitative estimate of drug-likeness (QED) is 0.809. The molecule has 4 nitrogen and oxygen atoms in total. The van der Waals surface area contributed by atoms with Crippen molar-refractivity contribution < 1.29 is 9.59 Å². The van der Waals surface area contributed by atoms with Crippen LogP contribution in [0.2, 0.25) is 0 Å². The number of para-hydroxylation sites is 1. The fourth-order valence-electron chi connectivity index (χ4n) is 2.04. The van der Waals surface area contributed by atoms with Crippen molar-refractivity contribution in [2.45, 2.75) is 26.8 Å². The van der Waals surface area contributed by atoms with Crippen molar-refractivity contribution in [1.29, 1.82) is 0 Å². The maximum absolute atomic E-state index is 11.5. The van der Waals surface area contributed by atoms with Crippen molar-refractivity contribution in [2.24, 2.45) is 0 Å². The number of aromatic amines is 1. The lowest BCUT2D eigenvalue weighted by molar-refractivity contribution is -0.127. The highest BCUT2D eigenvalue weighted by Gasteiger charge is 2.10. The zero-order chi connectivity index (χ0) is 13.1. The third kappa shape index (κ3) is 2.59. The Morgan fingerprint density at radius 3 is 2.72 bits per heavy atom. The second kappa shape index (κ2) is 5.04. The van der Waals surface area contributed by atoms with Gasteiger partial charge in [0, 0.05) is 23.1 Å². The van der Waals surface area contributed by atoms with E-state index < -0.39 is 0 Å². The van der Waals surface area contributed by atoms with Gasteiger partial charge in [0.15, 0.2) is 0 Å². The van der Waals surface area contributed by atoms with Crippen LogP contribution in [0.5, 0.6) is 0 Å². The third-order valence-corrected chi connectivity index (χ3v) is 2.90. The van der Waals surface area contributed by atoms with Gasteiger partial charge in [-0.25, -0.2) is 0 Å². The molecule has 1 amide bonds. The molecule has 0 saturated heterocycles. The fraction of sp³-hybridized carbons (Fsp3) is 0.286. The number of amides is 1. The van der Waals surface area contributed by atoms with Crippen LogP contribution < -0.4 is 5.32 Å². The van der Waals surface area contributed by atoms with E-state index in [1.807, 2.05) is 31.2 Å². The highest BCUT2D eigenvalue weighted by atomic mass is 16.2. The lowest BCUT2D eigenvalue weighted by Crippen LogP contribution is -2.24. The maximum Gasteiger partial charge on any atom is 0.227 e. The summed E-state index contributed by atoms with van der Waals surface area (Å²) in [6.07, 6.45) is -0.0542. The van der Waals surface area contributed by atoms with Gasteiger partial charge in [0.25, 0.3) is 0 Å². The van der Waals surface area contributed by atoms with E-state index in [1.165, 1.54) is 6.92 Å². The number of hydrogen-bond acceptors (Lipinski definition) is 2. The Labute approximate surface area is 105 Å². The molecule has 0 aliphatic carbocycles. The van der Waals surface area contributed by atoms with Crippen molar-refractivity contribution in [3.63, 3.8) is 0 Å². The van der Waals surface area contributed by atoms with Crippen LogP contribution in [0.15, 0.2) is 24.3 Å². The SMILES string of the molecule is CC(=O)CC(=O)NCc1c(C)[nH]c2ccccc12. The smallest absolute Gasteiger partial charge is 0.227 e. The molecule has 1 aromatic heterocycles. The Bertz CT molecular complexity index is 599. The summed E-state index contributed by atoms with van der Waals surface area (Å²) in [5.41, 5.74) is 3.17.